The van der Waals surface area contributed by atoms with Gasteiger partial charge in [0.15, 0.2) is 5.01 Å². The number of hydrogen-bond acceptors (Lipinski definition) is 6. The number of fused-ring (bicyclic) bond motifs is 1. The topological polar surface area (TPSA) is 79.4 Å². The fraction of sp³-hybridized carbons (Fsp3) is 0.576. The Bertz CT molecular complexity index is 1580. The smallest absolute Gasteiger partial charge is 0.347 e. The number of carbonyl (C=O) groups excluding carboxylic acids is 1. The standard InChI is InChI=1S/C33H40F3N3O3S2/c34-33(35,36)29-12-6-7-17-39(29)21-23-13-14-27(26-11-5-4-10-25(23)26)30-28(20-22-8-2-1-3-9-22)38-32(43-30)31(40)37-24-15-18-44(41,42)19-16-24/h4-5,10-11,13-14,22,24,29H,1-3,6-9,12,15-21H2,(H,37,40). The third-order valence-electron chi connectivity index (χ3n) is 9.61. The number of piperidine rings is 1. The highest BCUT2D eigenvalue weighted by atomic mass is 32.2. The minimum absolute atomic E-state index is 0.0769. The number of carbonyl (C=O) groups is 1. The molecule has 6 rings (SSSR count). The fourth-order valence-corrected chi connectivity index (χ4v) is 9.74. The molecule has 44 heavy (non-hydrogen) atoms. The molecule has 6 nitrogen and oxygen atoms in total. The molecule has 0 radical (unpaired) electrons. The van der Waals surface area contributed by atoms with E-state index in [4.69, 9.17) is 4.98 Å². The number of thiazole rings is 1. The number of nitrogens with zero attached hydrogens (tertiary/aromatic N) is 2. The van der Waals surface area contributed by atoms with Crippen molar-refractivity contribution in [2.45, 2.75) is 95.4 Å². The Kier molecular flexibility index (Phi) is 9.36. The summed E-state index contributed by atoms with van der Waals surface area (Å²) in [5, 5.41) is 5.26. The number of likely N-dealkylation sites (tertiary alicyclic amines) is 1. The molecule has 3 aromatic rings. The number of amides is 1. The number of aromatic nitrogens is 1. The number of rotatable bonds is 7. The van der Waals surface area contributed by atoms with E-state index in [1.165, 1.54) is 30.6 Å². The van der Waals surface area contributed by atoms with E-state index in [1.54, 1.807) is 4.90 Å². The monoisotopic (exact) mass is 647 g/mol. The zero-order valence-corrected chi connectivity index (χ0v) is 26.5. The lowest BCUT2D eigenvalue weighted by Gasteiger charge is -2.37. The van der Waals surface area contributed by atoms with E-state index < -0.39 is 22.1 Å². The van der Waals surface area contributed by atoms with E-state index >= 15 is 0 Å². The summed E-state index contributed by atoms with van der Waals surface area (Å²) in [6.45, 7) is 0.652. The van der Waals surface area contributed by atoms with E-state index in [0.717, 1.165) is 58.2 Å². The predicted octanol–water partition coefficient (Wildman–Crippen LogP) is 7.31. The summed E-state index contributed by atoms with van der Waals surface area (Å²) in [4.78, 5) is 20.8. The van der Waals surface area contributed by atoms with Gasteiger partial charge in [-0.1, -0.05) is 74.9 Å². The number of nitrogens with one attached hydrogen (secondary N) is 1. The van der Waals surface area contributed by atoms with E-state index in [0.29, 0.717) is 36.7 Å². The number of hydrogen-bond donors (Lipinski definition) is 1. The maximum Gasteiger partial charge on any atom is 0.404 e. The zero-order valence-electron chi connectivity index (χ0n) is 24.9. The Labute approximate surface area is 261 Å². The van der Waals surface area contributed by atoms with Crippen LogP contribution in [-0.2, 0) is 22.8 Å². The van der Waals surface area contributed by atoms with Crippen LogP contribution in [0.15, 0.2) is 36.4 Å². The van der Waals surface area contributed by atoms with Gasteiger partial charge in [0.05, 0.1) is 22.1 Å². The lowest BCUT2D eigenvalue weighted by molar-refractivity contribution is -0.192. The predicted molar refractivity (Wildman–Crippen MR) is 169 cm³/mol. The van der Waals surface area contributed by atoms with E-state index in [-0.39, 0.29) is 36.4 Å². The highest BCUT2D eigenvalue weighted by Crippen LogP contribution is 2.40. The van der Waals surface area contributed by atoms with Gasteiger partial charge in [-0.3, -0.25) is 9.69 Å². The van der Waals surface area contributed by atoms with Crippen molar-refractivity contribution < 1.29 is 26.4 Å². The minimum Gasteiger partial charge on any atom is -0.347 e. The van der Waals surface area contributed by atoms with Crippen molar-refractivity contribution in [2.24, 2.45) is 5.92 Å². The summed E-state index contributed by atoms with van der Waals surface area (Å²) in [6.07, 6.45) is 4.68. The maximum absolute atomic E-state index is 13.9. The summed E-state index contributed by atoms with van der Waals surface area (Å²) in [6, 6.07) is 10.2. The molecule has 3 fully saturated rings. The largest absolute Gasteiger partial charge is 0.404 e. The molecule has 1 saturated carbocycles. The van der Waals surface area contributed by atoms with Gasteiger partial charge in [0.2, 0.25) is 0 Å². The Morgan fingerprint density at radius 2 is 1.64 bits per heavy atom. The van der Waals surface area contributed by atoms with Crippen molar-refractivity contribution in [2.75, 3.05) is 18.1 Å². The first-order valence-electron chi connectivity index (χ1n) is 15.9. The van der Waals surface area contributed by atoms with Gasteiger partial charge in [-0.05, 0) is 60.9 Å². The molecule has 1 aliphatic carbocycles. The second-order valence-corrected chi connectivity index (χ2v) is 16.0. The minimum atomic E-state index is -4.25. The Morgan fingerprint density at radius 1 is 0.932 bits per heavy atom. The van der Waals surface area contributed by atoms with Gasteiger partial charge < -0.3 is 5.32 Å². The van der Waals surface area contributed by atoms with Crippen molar-refractivity contribution in [3.8, 4) is 10.4 Å². The van der Waals surface area contributed by atoms with Crippen LogP contribution in [0.25, 0.3) is 21.2 Å². The van der Waals surface area contributed by atoms with Crippen LogP contribution >= 0.6 is 11.3 Å². The van der Waals surface area contributed by atoms with Crippen LogP contribution in [0.5, 0.6) is 0 Å². The second-order valence-electron chi connectivity index (χ2n) is 12.7. The number of benzene rings is 2. The summed E-state index contributed by atoms with van der Waals surface area (Å²) in [5.41, 5.74) is 2.70. The summed E-state index contributed by atoms with van der Waals surface area (Å²) < 4.78 is 65.4. The molecule has 11 heteroatoms. The number of sulfone groups is 1. The molecular weight excluding hydrogens is 608 g/mol. The first-order valence-corrected chi connectivity index (χ1v) is 18.5. The third-order valence-corrected chi connectivity index (χ3v) is 12.5. The van der Waals surface area contributed by atoms with Gasteiger partial charge >= 0.3 is 6.18 Å². The lowest BCUT2D eigenvalue weighted by atomic mass is 9.85. The molecule has 2 aromatic carbocycles. The Balaban J connectivity index is 1.33. The highest BCUT2D eigenvalue weighted by molar-refractivity contribution is 7.91. The summed E-state index contributed by atoms with van der Waals surface area (Å²) in [5.74, 6) is 0.369. The molecule has 238 valence electrons. The molecule has 1 atom stereocenters. The van der Waals surface area contributed by atoms with E-state index in [1.807, 2.05) is 36.4 Å². The number of alkyl halides is 3. The van der Waals surface area contributed by atoms with Crippen LogP contribution < -0.4 is 5.32 Å². The molecule has 1 amide bonds. The number of halogens is 3. The van der Waals surface area contributed by atoms with E-state index in [9.17, 15) is 26.4 Å². The zero-order chi connectivity index (χ0) is 30.9. The Morgan fingerprint density at radius 3 is 2.36 bits per heavy atom. The first kappa shape index (κ1) is 31.5. The molecule has 1 aromatic heterocycles. The average molecular weight is 648 g/mol. The summed E-state index contributed by atoms with van der Waals surface area (Å²) in [7, 11) is -3.04. The van der Waals surface area contributed by atoms with Crippen molar-refractivity contribution in [3.05, 3.63) is 52.7 Å². The SMILES string of the molecule is O=C(NC1CCS(=O)(=O)CC1)c1nc(CC2CCCCC2)c(-c2ccc(CN3CCCCC3C(F)(F)F)c3ccccc23)s1. The molecule has 1 unspecified atom stereocenters. The highest BCUT2D eigenvalue weighted by Gasteiger charge is 2.44. The van der Waals surface area contributed by atoms with Gasteiger partial charge in [-0.25, -0.2) is 13.4 Å². The van der Waals surface area contributed by atoms with Gasteiger partial charge in [-0.15, -0.1) is 11.3 Å². The van der Waals surface area contributed by atoms with Crippen molar-refractivity contribution >= 4 is 37.9 Å². The first-order chi connectivity index (χ1) is 21.1. The molecule has 2 aliphatic heterocycles. The fourth-order valence-electron chi connectivity index (χ4n) is 7.21. The molecule has 3 aliphatic rings. The van der Waals surface area contributed by atoms with Gasteiger partial charge in [0.25, 0.3) is 5.91 Å². The van der Waals surface area contributed by atoms with Crippen molar-refractivity contribution in [3.63, 3.8) is 0 Å². The van der Waals surface area contributed by atoms with Crippen LogP contribution in [0, 0.1) is 5.92 Å². The van der Waals surface area contributed by atoms with Crippen LogP contribution in [0.4, 0.5) is 13.2 Å². The summed E-state index contributed by atoms with van der Waals surface area (Å²) >= 11 is 1.36. The van der Waals surface area contributed by atoms with Crippen LogP contribution in [0.3, 0.4) is 0 Å². The molecule has 2 saturated heterocycles. The van der Waals surface area contributed by atoms with Gasteiger partial charge in [-0.2, -0.15) is 13.2 Å². The van der Waals surface area contributed by atoms with E-state index in [2.05, 4.69) is 5.32 Å². The van der Waals surface area contributed by atoms with Gasteiger partial charge in [0.1, 0.15) is 15.9 Å². The maximum atomic E-state index is 13.9. The third kappa shape index (κ3) is 7.15. The van der Waals surface area contributed by atoms with Crippen LogP contribution in [-0.4, -0.2) is 60.5 Å². The van der Waals surface area contributed by atoms with Crippen molar-refractivity contribution in [1.29, 1.82) is 0 Å². The van der Waals surface area contributed by atoms with Crippen LogP contribution in [0.1, 0.15) is 85.3 Å². The molecule has 0 bridgehead atoms. The van der Waals surface area contributed by atoms with Gasteiger partial charge in [0, 0.05) is 18.2 Å². The molecule has 1 N–H and O–H groups in total. The molecule has 0 spiro atoms. The molecule has 3 heterocycles. The second kappa shape index (κ2) is 13.1. The normalized spacial score (nSPS) is 22.3. The molecular formula is C33H40F3N3O3S2. The van der Waals surface area contributed by atoms with Crippen LogP contribution in [0.2, 0.25) is 0 Å². The lowest BCUT2D eigenvalue weighted by Crippen LogP contribution is -2.48. The van der Waals surface area contributed by atoms with Crippen molar-refractivity contribution in [1.82, 2.24) is 15.2 Å². The quantitative estimate of drug-likeness (QED) is 0.291. The Hall–Kier alpha value is -2.50. The average Bonchev–Trinajstić information content (AvgIpc) is 3.42.